The van der Waals surface area contributed by atoms with Crippen molar-refractivity contribution >= 4 is 50.7 Å². The summed E-state index contributed by atoms with van der Waals surface area (Å²) >= 11 is 20.6. The predicted molar refractivity (Wildman–Crippen MR) is 60.2 cm³/mol. The molecule has 1 nitrogen and oxygen atoms in total. The van der Waals surface area contributed by atoms with E-state index >= 15 is 0 Å². The summed E-state index contributed by atoms with van der Waals surface area (Å²) in [5.41, 5.74) is 0.504. The number of aliphatic hydroxyl groups excluding tert-OH is 1. The minimum Gasteiger partial charge on any atom is -0.387 e. The molecule has 1 aromatic rings. The Morgan fingerprint density at radius 1 is 1.23 bits per heavy atom. The molecule has 0 aromatic heterocycles. The SMILES string of the molecule is OC(CBr)c1c(Cl)cc(Cl)cc1Cl. The summed E-state index contributed by atoms with van der Waals surface area (Å²) in [7, 11) is 0. The summed E-state index contributed by atoms with van der Waals surface area (Å²) in [6, 6.07) is 3.10. The first-order valence-electron chi connectivity index (χ1n) is 3.44. The van der Waals surface area contributed by atoms with E-state index in [0.29, 0.717) is 26.0 Å². The second kappa shape index (κ2) is 4.85. The van der Waals surface area contributed by atoms with Gasteiger partial charge >= 0.3 is 0 Å². The van der Waals surface area contributed by atoms with Gasteiger partial charge in [-0.3, -0.25) is 0 Å². The molecule has 0 heterocycles. The molecule has 0 saturated carbocycles. The molecule has 0 aliphatic carbocycles. The fraction of sp³-hybridized carbons (Fsp3) is 0.250. The van der Waals surface area contributed by atoms with Crippen LogP contribution in [0.25, 0.3) is 0 Å². The Morgan fingerprint density at radius 2 is 1.69 bits per heavy atom. The van der Waals surface area contributed by atoms with Gasteiger partial charge in [-0.05, 0) is 12.1 Å². The molecular weight excluding hydrogens is 298 g/mol. The van der Waals surface area contributed by atoms with Gasteiger partial charge in [0.15, 0.2) is 0 Å². The smallest absolute Gasteiger partial charge is 0.0915 e. The average molecular weight is 304 g/mol. The normalized spacial score (nSPS) is 13.0. The van der Waals surface area contributed by atoms with Gasteiger partial charge in [0.25, 0.3) is 0 Å². The quantitative estimate of drug-likeness (QED) is 0.816. The van der Waals surface area contributed by atoms with Gasteiger partial charge in [-0.15, -0.1) is 0 Å². The molecular formula is C8H6BrCl3O. The van der Waals surface area contributed by atoms with Crippen molar-refractivity contribution in [3.8, 4) is 0 Å². The lowest BCUT2D eigenvalue weighted by atomic mass is 10.1. The zero-order valence-electron chi connectivity index (χ0n) is 6.40. The topological polar surface area (TPSA) is 20.2 Å². The third kappa shape index (κ3) is 2.74. The molecule has 0 aliphatic rings. The maximum Gasteiger partial charge on any atom is 0.0915 e. The van der Waals surface area contributed by atoms with E-state index in [2.05, 4.69) is 15.9 Å². The number of hydrogen-bond acceptors (Lipinski definition) is 1. The van der Waals surface area contributed by atoms with E-state index < -0.39 is 6.10 Å². The largest absolute Gasteiger partial charge is 0.387 e. The molecule has 0 saturated heterocycles. The van der Waals surface area contributed by atoms with Gasteiger partial charge < -0.3 is 5.11 Å². The fourth-order valence-corrected chi connectivity index (χ4v) is 2.34. The maximum atomic E-state index is 9.52. The fourth-order valence-electron chi connectivity index (χ4n) is 0.949. The van der Waals surface area contributed by atoms with Crippen molar-refractivity contribution in [1.29, 1.82) is 0 Å². The van der Waals surface area contributed by atoms with Crippen molar-refractivity contribution in [2.75, 3.05) is 5.33 Å². The Labute approximate surface area is 99.7 Å². The zero-order chi connectivity index (χ0) is 10.0. The molecule has 5 heteroatoms. The second-order valence-electron chi connectivity index (χ2n) is 2.45. The molecule has 72 valence electrons. The zero-order valence-corrected chi connectivity index (χ0v) is 10.3. The van der Waals surface area contributed by atoms with E-state index in [1.54, 1.807) is 12.1 Å². The molecule has 0 bridgehead atoms. The third-order valence-electron chi connectivity index (χ3n) is 1.52. The third-order valence-corrected chi connectivity index (χ3v) is 2.98. The minimum absolute atomic E-state index is 0.379. The summed E-state index contributed by atoms with van der Waals surface area (Å²) in [6.45, 7) is 0. The van der Waals surface area contributed by atoms with Crippen LogP contribution in [0.5, 0.6) is 0 Å². The van der Waals surface area contributed by atoms with Crippen LogP contribution in [0.2, 0.25) is 15.1 Å². The van der Waals surface area contributed by atoms with Gasteiger partial charge in [-0.1, -0.05) is 50.7 Å². The Hall–Kier alpha value is 0.530. The molecule has 1 N–H and O–H groups in total. The van der Waals surface area contributed by atoms with Crippen molar-refractivity contribution in [1.82, 2.24) is 0 Å². The Morgan fingerprint density at radius 3 is 2.08 bits per heavy atom. The molecule has 0 amide bonds. The highest BCUT2D eigenvalue weighted by Crippen LogP contribution is 2.34. The van der Waals surface area contributed by atoms with Crippen LogP contribution in [-0.4, -0.2) is 10.4 Å². The summed E-state index contributed by atoms with van der Waals surface area (Å²) in [5.74, 6) is 0. The number of hydrogen-bond donors (Lipinski definition) is 1. The first-order chi connectivity index (χ1) is 6.06. The van der Waals surface area contributed by atoms with E-state index in [4.69, 9.17) is 34.8 Å². The van der Waals surface area contributed by atoms with Crippen molar-refractivity contribution in [3.05, 3.63) is 32.8 Å². The van der Waals surface area contributed by atoms with E-state index in [0.717, 1.165) is 0 Å². The van der Waals surface area contributed by atoms with Crippen LogP contribution in [0.15, 0.2) is 12.1 Å². The highest BCUT2D eigenvalue weighted by atomic mass is 79.9. The Kier molecular flexibility index (Phi) is 4.33. The number of aliphatic hydroxyl groups is 1. The van der Waals surface area contributed by atoms with E-state index in [-0.39, 0.29) is 0 Å². The lowest BCUT2D eigenvalue weighted by Gasteiger charge is -2.11. The number of alkyl halides is 1. The molecule has 0 spiro atoms. The van der Waals surface area contributed by atoms with E-state index in [1.807, 2.05) is 0 Å². The van der Waals surface area contributed by atoms with Crippen LogP contribution in [0, 0.1) is 0 Å². The number of rotatable bonds is 2. The lowest BCUT2D eigenvalue weighted by Crippen LogP contribution is -2.00. The van der Waals surface area contributed by atoms with E-state index in [9.17, 15) is 5.11 Å². The molecule has 13 heavy (non-hydrogen) atoms. The first-order valence-corrected chi connectivity index (χ1v) is 5.70. The predicted octanol–water partition coefficient (Wildman–Crippen LogP) is 4.08. The van der Waals surface area contributed by atoms with Crippen LogP contribution in [0.4, 0.5) is 0 Å². The Balaban J connectivity index is 3.20. The van der Waals surface area contributed by atoms with E-state index in [1.165, 1.54) is 0 Å². The number of halogens is 4. The van der Waals surface area contributed by atoms with Gasteiger partial charge in [0, 0.05) is 26.0 Å². The number of benzene rings is 1. The van der Waals surface area contributed by atoms with Crippen molar-refractivity contribution in [3.63, 3.8) is 0 Å². The summed E-state index contributed by atoms with van der Waals surface area (Å²) < 4.78 is 0. The maximum absolute atomic E-state index is 9.52. The van der Waals surface area contributed by atoms with Crippen LogP contribution >= 0.6 is 50.7 Å². The Bertz CT molecular complexity index is 293. The molecule has 1 aromatic carbocycles. The molecule has 0 aliphatic heterocycles. The summed E-state index contributed by atoms with van der Waals surface area (Å²) in [5, 5.41) is 11.1. The van der Waals surface area contributed by atoms with Crippen molar-refractivity contribution in [2.24, 2.45) is 0 Å². The second-order valence-corrected chi connectivity index (χ2v) is 4.35. The molecule has 0 radical (unpaired) electrons. The van der Waals surface area contributed by atoms with Gasteiger partial charge in [0.2, 0.25) is 0 Å². The van der Waals surface area contributed by atoms with Crippen LogP contribution < -0.4 is 0 Å². The first kappa shape index (κ1) is 11.6. The van der Waals surface area contributed by atoms with Crippen molar-refractivity contribution in [2.45, 2.75) is 6.10 Å². The monoisotopic (exact) mass is 302 g/mol. The minimum atomic E-state index is -0.711. The average Bonchev–Trinajstić information content (AvgIpc) is 2.02. The van der Waals surface area contributed by atoms with Gasteiger partial charge in [-0.25, -0.2) is 0 Å². The van der Waals surface area contributed by atoms with Gasteiger partial charge in [0.1, 0.15) is 0 Å². The molecule has 1 atom stereocenters. The molecule has 0 fully saturated rings. The van der Waals surface area contributed by atoms with Gasteiger partial charge in [-0.2, -0.15) is 0 Å². The molecule has 1 unspecified atom stereocenters. The van der Waals surface area contributed by atoms with Gasteiger partial charge in [0.05, 0.1) is 6.10 Å². The van der Waals surface area contributed by atoms with Crippen LogP contribution in [0.1, 0.15) is 11.7 Å². The van der Waals surface area contributed by atoms with Crippen LogP contribution in [-0.2, 0) is 0 Å². The standard InChI is InChI=1S/C8H6BrCl3O/c9-3-7(13)8-5(11)1-4(10)2-6(8)12/h1-2,7,13H,3H2. The molecule has 1 rings (SSSR count). The van der Waals surface area contributed by atoms with Crippen LogP contribution in [0.3, 0.4) is 0 Å². The summed E-state index contributed by atoms with van der Waals surface area (Å²) in [6.07, 6.45) is -0.711. The summed E-state index contributed by atoms with van der Waals surface area (Å²) in [4.78, 5) is 0. The lowest BCUT2D eigenvalue weighted by molar-refractivity contribution is 0.205. The van der Waals surface area contributed by atoms with Crippen molar-refractivity contribution < 1.29 is 5.11 Å². The highest BCUT2D eigenvalue weighted by Gasteiger charge is 2.15. The highest BCUT2D eigenvalue weighted by molar-refractivity contribution is 9.09.